The second kappa shape index (κ2) is 20.1. The molecule has 4 nitrogen and oxygen atoms in total. The molecule has 1 rings (SSSR count). The molecule has 1 fully saturated rings. The van der Waals surface area contributed by atoms with Crippen molar-refractivity contribution in [3.8, 4) is 0 Å². The third-order valence-corrected chi connectivity index (χ3v) is 6.32. The molecule has 28 heavy (non-hydrogen) atoms. The van der Waals surface area contributed by atoms with Gasteiger partial charge in [-0.3, -0.25) is 0 Å². The fourth-order valence-electron chi connectivity index (χ4n) is 4.32. The molecule has 0 bridgehead atoms. The van der Waals surface area contributed by atoms with Crippen LogP contribution in [0.25, 0.3) is 0 Å². The predicted molar refractivity (Wildman–Crippen MR) is 125 cm³/mol. The molecule has 1 heterocycles. The lowest BCUT2D eigenvalue weighted by Gasteiger charge is -2.34. The molecule has 168 valence electrons. The SMILES string of the molecule is NCCCCCCCCCCN1CCN(CCCCCCCCCCN)CC1. The Labute approximate surface area is 176 Å². The first-order valence-corrected chi connectivity index (χ1v) is 12.7. The molecule has 0 atom stereocenters. The van der Waals surface area contributed by atoms with Crippen molar-refractivity contribution in [2.75, 3.05) is 52.4 Å². The summed E-state index contributed by atoms with van der Waals surface area (Å²) in [4.78, 5) is 5.39. The first-order valence-electron chi connectivity index (χ1n) is 12.7. The van der Waals surface area contributed by atoms with Crippen LogP contribution in [0.2, 0.25) is 0 Å². The Morgan fingerprint density at radius 2 is 0.607 bits per heavy atom. The van der Waals surface area contributed by atoms with Gasteiger partial charge in [-0.2, -0.15) is 0 Å². The highest BCUT2D eigenvalue weighted by Crippen LogP contribution is 2.12. The molecule has 0 spiro atoms. The monoisotopic (exact) mass is 396 g/mol. The van der Waals surface area contributed by atoms with Crippen molar-refractivity contribution in [3.63, 3.8) is 0 Å². The van der Waals surface area contributed by atoms with E-state index in [0.717, 1.165) is 13.1 Å². The smallest absolute Gasteiger partial charge is 0.0110 e. The van der Waals surface area contributed by atoms with E-state index in [-0.39, 0.29) is 0 Å². The Kier molecular flexibility index (Phi) is 18.6. The van der Waals surface area contributed by atoms with E-state index in [0.29, 0.717) is 0 Å². The fraction of sp³-hybridized carbons (Fsp3) is 1.00. The summed E-state index contributed by atoms with van der Waals surface area (Å²) in [5, 5.41) is 0. The lowest BCUT2D eigenvalue weighted by atomic mass is 10.1. The van der Waals surface area contributed by atoms with Gasteiger partial charge in [0.15, 0.2) is 0 Å². The van der Waals surface area contributed by atoms with Crippen LogP contribution in [0.3, 0.4) is 0 Å². The molecule has 4 N–H and O–H groups in total. The average Bonchev–Trinajstić information content (AvgIpc) is 2.72. The molecule has 0 aromatic heterocycles. The Balaban J connectivity index is 1.81. The van der Waals surface area contributed by atoms with Crippen LogP contribution in [0.4, 0.5) is 0 Å². The van der Waals surface area contributed by atoms with E-state index in [2.05, 4.69) is 9.80 Å². The van der Waals surface area contributed by atoms with Crippen molar-refractivity contribution >= 4 is 0 Å². The molecule has 0 amide bonds. The minimum atomic E-state index is 0.864. The summed E-state index contributed by atoms with van der Waals surface area (Å²) in [6, 6.07) is 0. The van der Waals surface area contributed by atoms with Crippen molar-refractivity contribution in [2.24, 2.45) is 11.5 Å². The Morgan fingerprint density at radius 3 is 0.893 bits per heavy atom. The van der Waals surface area contributed by atoms with E-state index in [4.69, 9.17) is 11.5 Å². The molecule has 1 aliphatic heterocycles. The van der Waals surface area contributed by atoms with Crippen molar-refractivity contribution in [3.05, 3.63) is 0 Å². The first kappa shape index (κ1) is 25.9. The number of nitrogens with two attached hydrogens (primary N) is 2. The van der Waals surface area contributed by atoms with E-state index in [1.54, 1.807) is 0 Å². The van der Waals surface area contributed by atoms with Crippen LogP contribution in [0.1, 0.15) is 103 Å². The van der Waals surface area contributed by atoms with Gasteiger partial charge in [0.05, 0.1) is 0 Å². The van der Waals surface area contributed by atoms with Gasteiger partial charge in [-0.15, -0.1) is 0 Å². The quantitative estimate of drug-likeness (QED) is 0.291. The third-order valence-electron chi connectivity index (χ3n) is 6.32. The van der Waals surface area contributed by atoms with E-state index in [9.17, 15) is 0 Å². The molecule has 0 unspecified atom stereocenters. The molecule has 1 saturated heterocycles. The van der Waals surface area contributed by atoms with Crippen LogP contribution in [-0.2, 0) is 0 Å². The summed E-state index contributed by atoms with van der Waals surface area (Å²) in [5.74, 6) is 0. The van der Waals surface area contributed by atoms with Gasteiger partial charge in [-0.05, 0) is 51.9 Å². The fourth-order valence-corrected chi connectivity index (χ4v) is 4.32. The third kappa shape index (κ3) is 15.7. The average molecular weight is 397 g/mol. The summed E-state index contributed by atoms with van der Waals surface area (Å²) in [6.45, 7) is 9.55. The van der Waals surface area contributed by atoms with Gasteiger partial charge in [-0.25, -0.2) is 0 Å². The Morgan fingerprint density at radius 1 is 0.357 bits per heavy atom. The van der Waals surface area contributed by atoms with Crippen LogP contribution in [0.5, 0.6) is 0 Å². The molecule has 0 aromatic carbocycles. The Bertz CT molecular complexity index is 273. The lowest BCUT2D eigenvalue weighted by molar-refractivity contribution is 0.129. The normalized spacial score (nSPS) is 16.1. The second-order valence-corrected chi connectivity index (χ2v) is 8.92. The largest absolute Gasteiger partial charge is 0.330 e. The van der Waals surface area contributed by atoms with Crippen molar-refractivity contribution in [2.45, 2.75) is 103 Å². The molecule has 0 aliphatic carbocycles. The number of rotatable bonds is 20. The minimum Gasteiger partial charge on any atom is -0.330 e. The van der Waals surface area contributed by atoms with E-state index >= 15 is 0 Å². The van der Waals surface area contributed by atoms with Gasteiger partial charge in [0.2, 0.25) is 0 Å². The molecular formula is C24H52N4. The summed E-state index contributed by atoms with van der Waals surface area (Å²) >= 11 is 0. The van der Waals surface area contributed by atoms with Gasteiger partial charge < -0.3 is 21.3 Å². The lowest BCUT2D eigenvalue weighted by Crippen LogP contribution is -2.46. The number of piperazine rings is 1. The van der Waals surface area contributed by atoms with Crippen molar-refractivity contribution in [1.29, 1.82) is 0 Å². The van der Waals surface area contributed by atoms with Crippen LogP contribution in [0, 0.1) is 0 Å². The maximum atomic E-state index is 5.54. The van der Waals surface area contributed by atoms with Crippen molar-refractivity contribution in [1.82, 2.24) is 9.80 Å². The van der Waals surface area contributed by atoms with Gasteiger partial charge in [0.1, 0.15) is 0 Å². The topological polar surface area (TPSA) is 58.5 Å². The molecule has 4 heteroatoms. The van der Waals surface area contributed by atoms with Gasteiger partial charge in [0, 0.05) is 26.2 Å². The standard InChI is InChI=1S/C24H52N4/c25-17-13-9-5-1-3-7-11-15-19-27-21-23-28(24-22-27)20-16-12-8-4-2-6-10-14-18-26/h1-26H2. The maximum absolute atomic E-state index is 5.54. The number of nitrogens with zero attached hydrogens (tertiary/aromatic N) is 2. The van der Waals surface area contributed by atoms with Crippen LogP contribution < -0.4 is 11.5 Å². The zero-order valence-corrected chi connectivity index (χ0v) is 19.0. The van der Waals surface area contributed by atoms with Crippen LogP contribution in [-0.4, -0.2) is 62.2 Å². The molecule has 0 radical (unpaired) electrons. The summed E-state index contributed by atoms with van der Waals surface area (Å²) in [7, 11) is 0. The number of hydrogen-bond acceptors (Lipinski definition) is 4. The highest BCUT2D eigenvalue weighted by molar-refractivity contribution is 4.71. The van der Waals surface area contributed by atoms with Crippen LogP contribution >= 0.6 is 0 Å². The maximum Gasteiger partial charge on any atom is 0.0110 e. The number of unbranched alkanes of at least 4 members (excludes halogenated alkanes) is 14. The summed E-state index contributed by atoms with van der Waals surface area (Å²) in [6.07, 6.45) is 22.0. The summed E-state index contributed by atoms with van der Waals surface area (Å²) < 4.78 is 0. The van der Waals surface area contributed by atoms with Crippen molar-refractivity contribution < 1.29 is 0 Å². The van der Waals surface area contributed by atoms with E-state index in [1.165, 1.54) is 142 Å². The highest BCUT2D eigenvalue weighted by Gasteiger charge is 2.15. The minimum absolute atomic E-state index is 0.864. The van der Waals surface area contributed by atoms with Gasteiger partial charge >= 0.3 is 0 Å². The molecular weight excluding hydrogens is 344 g/mol. The first-order chi connectivity index (χ1) is 13.9. The molecule has 0 aromatic rings. The van der Waals surface area contributed by atoms with E-state index < -0.39 is 0 Å². The summed E-state index contributed by atoms with van der Waals surface area (Å²) in [5.41, 5.74) is 11.1. The van der Waals surface area contributed by atoms with E-state index in [1.807, 2.05) is 0 Å². The Hall–Kier alpha value is -0.160. The predicted octanol–water partition coefficient (Wildman–Crippen LogP) is 4.76. The number of hydrogen-bond donors (Lipinski definition) is 2. The van der Waals surface area contributed by atoms with Gasteiger partial charge in [0.25, 0.3) is 0 Å². The highest BCUT2D eigenvalue weighted by atomic mass is 15.3. The molecule has 0 saturated carbocycles. The zero-order chi connectivity index (χ0) is 20.1. The van der Waals surface area contributed by atoms with Crippen LogP contribution in [0.15, 0.2) is 0 Å². The molecule has 1 aliphatic rings. The van der Waals surface area contributed by atoms with Gasteiger partial charge in [-0.1, -0.05) is 77.0 Å². The second-order valence-electron chi connectivity index (χ2n) is 8.92. The zero-order valence-electron chi connectivity index (χ0n) is 19.0.